The standard InChI is InChI=1S/C24H32N4O3/c29-21(15-26-23(31)24-12-16-9-17(13-24)11-18(10-16)14-24)27-20-3-7-28(8-4-20)22(30)19-1-5-25-6-2-19/h1-2,5-6,16-18,20H,3-4,7-15H2,(H,26,31)(H,27,29). The van der Waals surface area contributed by atoms with Gasteiger partial charge < -0.3 is 15.5 Å². The number of piperidine rings is 1. The number of carbonyl (C=O) groups excluding carboxylic acids is 3. The number of nitrogens with one attached hydrogen (secondary N) is 2. The Morgan fingerprint density at radius 3 is 2.13 bits per heavy atom. The molecule has 2 heterocycles. The maximum atomic E-state index is 13.0. The molecular weight excluding hydrogens is 392 g/mol. The molecule has 1 aliphatic heterocycles. The fourth-order valence-electron chi connectivity index (χ4n) is 6.92. The van der Waals surface area contributed by atoms with Gasteiger partial charge in [0.1, 0.15) is 0 Å². The van der Waals surface area contributed by atoms with Gasteiger partial charge in [-0.1, -0.05) is 0 Å². The van der Waals surface area contributed by atoms with E-state index in [4.69, 9.17) is 0 Å². The Balaban J connectivity index is 1.07. The Kier molecular flexibility index (Phi) is 5.44. The third kappa shape index (κ3) is 4.19. The van der Waals surface area contributed by atoms with Gasteiger partial charge in [-0.15, -0.1) is 0 Å². The van der Waals surface area contributed by atoms with Crippen molar-refractivity contribution in [2.75, 3.05) is 19.6 Å². The minimum absolute atomic E-state index is 0.00927. The van der Waals surface area contributed by atoms with Gasteiger partial charge in [0.15, 0.2) is 0 Å². The summed E-state index contributed by atoms with van der Waals surface area (Å²) in [5.41, 5.74) is 0.429. The molecule has 4 bridgehead atoms. The van der Waals surface area contributed by atoms with Crippen molar-refractivity contribution in [2.45, 2.75) is 57.4 Å². The number of hydrogen-bond donors (Lipinski definition) is 2. The predicted molar refractivity (Wildman–Crippen MR) is 115 cm³/mol. The topological polar surface area (TPSA) is 91.4 Å². The van der Waals surface area contributed by atoms with Gasteiger partial charge in [0.25, 0.3) is 5.91 Å². The predicted octanol–water partition coefficient (Wildman–Crippen LogP) is 2.14. The molecule has 4 saturated carbocycles. The van der Waals surface area contributed by atoms with Gasteiger partial charge in [-0.05, 0) is 81.3 Å². The summed E-state index contributed by atoms with van der Waals surface area (Å²) >= 11 is 0. The molecule has 1 saturated heterocycles. The summed E-state index contributed by atoms with van der Waals surface area (Å²) in [5.74, 6) is 2.12. The molecule has 1 aromatic heterocycles. The molecular formula is C24H32N4O3. The third-order valence-electron chi connectivity index (χ3n) is 8.00. The van der Waals surface area contributed by atoms with Gasteiger partial charge in [0, 0.05) is 42.5 Å². The van der Waals surface area contributed by atoms with Crippen LogP contribution in [-0.2, 0) is 9.59 Å². The van der Waals surface area contributed by atoms with E-state index < -0.39 is 0 Å². The average Bonchev–Trinajstić information content (AvgIpc) is 2.77. The first-order valence-electron chi connectivity index (χ1n) is 11.8. The first kappa shape index (κ1) is 20.5. The average molecular weight is 425 g/mol. The number of hydrogen-bond acceptors (Lipinski definition) is 4. The monoisotopic (exact) mass is 424 g/mol. The zero-order valence-electron chi connectivity index (χ0n) is 18.0. The van der Waals surface area contributed by atoms with Crippen LogP contribution in [0, 0.1) is 23.2 Å². The van der Waals surface area contributed by atoms with Crippen molar-refractivity contribution < 1.29 is 14.4 Å². The van der Waals surface area contributed by atoms with Gasteiger partial charge >= 0.3 is 0 Å². The minimum atomic E-state index is -0.215. The van der Waals surface area contributed by atoms with Gasteiger partial charge in [-0.2, -0.15) is 0 Å². The summed E-state index contributed by atoms with van der Waals surface area (Å²) in [6, 6.07) is 3.50. The lowest BCUT2D eigenvalue weighted by molar-refractivity contribution is -0.147. The summed E-state index contributed by atoms with van der Waals surface area (Å²) < 4.78 is 0. The summed E-state index contributed by atoms with van der Waals surface area (Å²) in [4.78, 5) is 43.8. The lowest BCUT2D eigenvalue weighted by Gasteiger charge is -2.55. The molecule has 5 fully saturated rings. The van der Waals surface area contributed by atoms with Gasteiger partial charge in [0.05, 0.1) is 6.54 Å². The van der Waals surface area contributed by atoms with Crippen molar-refractivity contribution >= 4 is 17.7 Å². The Hall–Kier alpha value is -2.44. The summed E-state index contributed by atoms with van der Waals surface area (Å²) in [7, 11) is 0. The van der Waals surface area contributed by atoms with Crippen molar-refractivity contribution in [1.29, 1.82) is 0 Å². The molecule has 7 nitrogen and oxygen atoms in total. The molecule has 5 aliphatic rings. The number of nitrogens with zero attached hydrogens (tertiary/aromatic N) is 2. The smallest absolute Gasteiger partial charge is 0.253 e. The maximum absolute atomic E-state index is 13.0. The fraction of sp³-hybridized carbons (Fsp3) is 0.667. The summed E-state index contributed by atoms with van der Waals surface area (Å²) in [6.07, 6.45) is 11.6. The zero-order valence-corrected chi connectivity index (χ0v) is 18.0. The SMILES string of the molecule is O=C(CNC(=O)C12CC3CC(CC(C3)C1)C2)NC1CCN(C(=O)c2ccncc2)CC1. The van der Waals surface area contributed by atoms with Crippen molar-refractivity contribution in [3.8, 4) is 0 Å². The van der Waals surface area contributed by atoms with Crippen LogP contribution in [0.15, 0.2) is 24.5 Å². The Bertz CT molecular complexity index is 812. The molecule has 0 radical (unpaired) electrons. The molecule has 6 rings (SSSR count). The van der Waals surface area contributed by atoms with Crippen LogP contribution in [0.1, 0.15) is 61.7 Å². The largest absolute Gasteiger partial charge is 0.352 e. The van der Waals surface area contributed by atoms with E-state index in [0.29, 0.717) is 36.4 Å². The van der Waals surface area contributed by atoms with Crippen LogP contribution >= 0.6 is 0 Å². The molecule has 4 aliphatic carbocycles. The van der Waals surface area contributed by atoms with Gasteiger partial charge in [-0.3, -0.25) is 19.4 Å². The maximum Gasteiger partial charge on any atom is 0.253 e. The van der Waals surface area contributed by atoms with Crippen molar-refractivity contribution in [2.24, 2.45) is 23.2 Å². The van der Waals surface area contributed by atoms with Crippen molar-refractivity contribution in [3.05, 3.63) is 30.1 Å². The van der Waals surface area contributed by atoms with Crippen LogP contribution < -0.4 is 10.6 Å². The molecule has 0 spiro atoms. The fourth-order valence-corrected chi connectivity index (χ4v) is 6.92. The van der Waals surface area contributed by atoms with Crippen molar-refractivity contribution in [1.82, 2.24) is 20.5 Å². The molecule has 0 unspecified atom stereocenters. The first-order chi connectivity index (χ1) is 15.0. The number of pyridine rings is 1. The second-order valence-electron chi connectivity index (χ2n) is 10.3. The second kappa shape index (κ2) is 8.24. The van der Waals surface area contributed by atoms with Gasteiger partial charge in [0.2, 0.25) is 11.8 Å². The van der Waals surface area contributed by atoms with Crippen LogP contribution in [-0.4, -0.2) is 53.3 Å². The first-order valence-corrected chi connectivity index (χ1v) is 11.8. The molecule has 166 valence electrons. The van der Waals surface area contributed by atoms with Gasteiger partial charge in [-0.25, -0.2) is 0 Å². The highest BCUT2D eigenvalue weighted by Crippen LogP contribution is 2.60. The summed E-state index contributed by atoms with van der Waals surface area (Å²) in [6.45, 7) is 1.29. The van der Waals surface area contributed by atoms with E-state index in [1.807, 2.05) is 4.90 Å². The highest BCUT2D eigenvalue weighted by Gasteiger charge is 2.54. The van der Waals surface area contributed by atoms with E-state index in [1.54, 1.807) is 24.5 Å². The highest BCUT2D eigenvalue weighted by atomic mass is 16.2. The molecule has 0 atom stereocenters. The quantitative estimate of drug-likeness (QED) is 0.758. The van der Waals surface area contributed by atoms with E-state index in [-0.39, 0.29) is 35.7 Å². The van der Waals surface area contributed by atoms with E-state index >= 15 is 0 Å². The number of amides is 3. The second-order valence-corrected chi connectivity index (χ2v) is 10.3. The number of rotatable bonds is 5. The number of likely N-dealkylation sites (tertiary alicyclic amines) is 1. The normalized spacial score (nSPS) is 32.0. The molecule has 31 heavy (non-hydrogen) atoms. The zero-order chi connectivity index (χ0) is 21.4. The third-order valence-corrected chi connectivity index (χ3v) is 8.00. The lowest BCUT2D eigenvalue weighted by atomic mass is 9.49. The minimum Gasteiger partial charge on any atom is -0.352 e. The number of carbonyl (C=O) groups is 3. The Morgan fingerprint density at radius 1 is 0.968 bits per heavy atom. The van der Waals surface area contributed by atoms with Crippen LogP contribution in [0.4, 0.5) is 0 Å². The Labute approximate surface area is 183 Å². The summed E-state index contributed by atoms with van der Waals surface area (Å²) in [5, 5.41) is 6.00. The molecule has 2 N–H and O–H groups in total. The van der Waals surface area contributed by atoms with Crippen molar-refractivity contribution in [3.63, 3.8) is 0 Å². The Morgan fingerprint density at radius 2 is 1.55 bits per heavy atom. The van der Waals surface area contributed by atoms with Crippen LogP contribution in [0.2, 0.25) is 0 Å². The van der Waals surface area contributed by atoms with Crippen LogP contribution in [0.5, 0.6) is 0 Å². The molecule has 0 aromatic carbocycles. The van der Waals surface area contributed by atoms with E-state index in [0.717, 1.165) is 32.1 Å². The van der Waals surface area contributed by atoms with E-state index in [2.05, 4.69) is 15.6 Å². The molecule has 1 aromatic rings. The van der Waals surface area contributed by atoms with Crippen LogP contribution in [0.3, 0.4) is 0 Å². The lowest BCUT2D eigenvalue weighted by Crippen LogP contribution is -2.55. The molecule has 7 heteroatoms. The molecule has 3 amide bonds. The number of aromatic nitrogens is 1. The highest BCUT2D eigenvalue weighted by molar-refractivity contribution is 5.94. The van der Waals surface area contributed by atoms with E-state index in [9.17, 15) is 14.4 Å². The van der Waals surface area contributed by atoms with Crippen LogP contribution in [0.25, 0.3) is 0 Å². The van der Waals surface area contributed by atoms with E-state index in [1.165, 1.54) is 19.3 Å².